The van der Waals surface area contributed by atoms with Crippen molar-refractivity contribution in [2.45, 2.75) is 73.3 Å². The van der Waals surface area contributed by atoms with Gasteiger partial charge in [0.25, 0.3) is 0 Å². The van der Waals surface area contributed by atoms with Crippen LogP contribution in [-0.4, -0.2) is 45.9 Å². The number of aryl methyl sites for hydroxylation is 2. The van der Waals surface area contributed by atoms with E-state index in [0.717, 1.165) is 35.6 Å². The molecule has 1 amide bonds. The molecule has 0 radical (unpaired) electrons. The molecule has 39 heavy (non-hydrogen) atoms. The maximum atomic E-state index is 14.4. The number of halogens is 2. The van der Waals surface area contributed by atoms with Crippen LogP contribution in [0.3, 0.4) is 0 Å². The van der Waals surface area contributed by atoms with Crippen LogP contribution >= 0.6 is 0 Å². The van der Waals surface area contributed by atoms with Crippen molar-refractivity contribution in [2.75, 3.05) is 24.5 Å². The summed E-state index contributed by atoms with van der Waals surface area (Å²) in [6.07, 6.45) is 0.252. The average Bonchev–Trinajstić information content (AvgIpc) is 3.40. The summed E-state index contributed by atoms with van der Waals surface area (Å²) in [5.41, 5.74) is 3.77. The summed E-state index contributed by atoms with van der Waals surface area (Å²) in [7, 11) is 0. The lowest BCUT2D eigenvalue weighted by atomic mass is 9.90. The van der Waals surface area contributed by atoms with Crippen molar-refractivity contribution < 1.29 is 18.3 Å². The number of hydrogen-bond acceptors (Lipinski definition) is 6. The highest BCUT2D eigenvalue weighted by Crippen LogP contribution is 2.42. The van der Waals surface area contributed by atoms with E-state index in [1.807, 2.05) is 53.7 Å². The molecular formula is C29H36F2N6O2. The van der Waals surface area contributed by atoms with Crippen molar-refractivity contribution >= 4 is 17.6 Å². The van der Waals surface area contributed by atoms with Gasteiger partial charge in [0.15, 0.2) is 5.65 Å². The normalized spacial score (nSPS) is 17.9. The third-order valence-corrected chi connectivity index (χ3v) is 6.94. The smallest absolute Gasteiger partial charge is 0.407 e. The predicted molar refractivity (Wildman–Crippen MR) is 146 cm³/mol. The van der Waals surface area contributed by atoms with Crippen LogP contribution in [0.25, 0.3) is 16.8 Å². The van der Waals surface area contributed by atoms with Gasteiger partial charge in [0.1, 0.15) is 23.1 Å². The zero-order valence-corrected chi connectivity index (χ0v) is 23.9. The second kappa shape index (κ2) is 9.78. The van der Waals surface area contributed by atoms with Crippen molar-refractivity contribution in [2.24, 2.45) is 5.41 Å². The Kier molecular flexibility index (Phi) is 7.09. The first-order valence-electron chi connectivity index (χ1n) is 13.0. The highest BCUT2D eigenvalue weighted by Gasteiger charge is 2.39. The van der Waals surface area contributed by atoms with Gasteiger partial charge in [-0.2, -0.15) is 18.6 Å². The van der Waals surface area contributed by atoms with Crippen LogP contribution in [0.5, 0.6) is 0 Å². The van der Waals surface area contributed by atoms with Gasteiger partial charge in [-0.1, -0.05) is 36.2 Å². The summed E-state index contributed by atoms with van der Waals surface area (Å²) in [6, 6.07) is 8.29. The minimum Gasteiger partial charge on any atom is -0.444 e. The Morgan fingerprint density at radius 2 is 1.82 bits per heavy atom. The number of nitrogens with one attached hydrogen (secondary N) is 1. The first-order chi connectivity index (χ1) is 18.0. The van der Waals surface area contributed by atoms with Crippen LogP contribution < -0.4 is 10.2 Å². The highest BCUT2D eigenvalue weighted by atomic mass is 19.3. The number of nitriles is 1. The number of carbonyl (C=O) groups excluding carboxylic acids is 1. The maximum absolute atomic E-state index is 14.4. The molecule has 1 aliphatic heterocycles. The van der Waals surface area contributed by atoms with Crippen LogP contribution in [0, 0.1) is 37.5 Å². The van der Waals surface area contributed by atoms with Crippen molar-refractivity contribution in [3.05, 3.63) is 46.3 Å². The largest absolute Gasteiger partial charge is 0.444 e. The number of rotatable bonds is 5. The molecule has 3 aromatic rings. The standard InChI is InChI=1S/C29H36F2N6O2/c1-17-11-18(2)13-20(12-17)22-19(3)21(14-32)23-34-25(29(8,30)31)35-37(23)24(22)36-10-9-28(7,16-36)15-33-26(38)39-27(4,5)6/h11-13H,9-10,15-16H2,1-8H3,(H,33,38)/t28-/m0/s1. The molecule has 0 bridgehead atoms. The minimum atomic E-state index is -3.28. The molecule has 8 nitrogen and oxygen atoms in total. The van der Waals surface area contributed by atoms with E-state index in [0.29, 0.717) is 31.0 Å². The predicted octanol–water partition coefficient (Wildman–Crippen LogP) is 6.05. The van der Waals surface area contributed by atoms with E-state index in [1.165, 1.54) is 4.52 Å². The Morgan fingerprint density at radius 1 is 1.18 bits per heavy atom. The lowest BCUT2D eigenvalue weighted by Gasteiger charge is -2.29. The number of anilines is 1. The fraction of sp³-hybridized carbons (Fsp3) is 0.517. The van der Waals surface area contributed by atoms with E-state index in [9.17, 15) is 18.8 Å². The lowest BCUT2D eigenvalue weighted by molar-refractivity contribution is 0.00799. The average molecular weight is 539 g/mol. The summed E-state index contributed by atoms with van der Waals surface area (Å²) in [4.78, 5) is 18.5. The highest BCUT2D eigenvalue weighted by molar-refractivity contribution is 5.85. The van der Waals surface area contributed by atoms with E-state index in [1.54, 1.807) is 0 Å². The number of alkyl halides is 2. The topological polar surface area (TPSA) is 95.5 Å². The molecule has 0 aliphatic carbocycles. The Bertz CT molecular complexity index is 1460. The monoisotopic (exact) mass is 538 g/mol. The molecule has 0 spiro atoms. The SMILES string of the molecule is Cc1cc(C)cc(-c2c(C)c(C#N)c3nc(C(C)(F)F)nn3c2N2CC[C@@](C)(CNC(=O)OC(C)(C)C)C2)c1. The number of pyridine rings is 1. The van der Waals surface area contributed by atoms with Crippen LogP contribution in [0.1, 0.15) is 69.1 Å². The molecule has 10 heteroatoms. The second-order valence-electron chi connectivity index (χ2n) is 12.1. The molecule has 1 aliphatic rings. The van der Waals surface area contributed by atoms with Crippen LogP contribution in [0.15, 0.2) is 18.2 Å². The molecule has 4 rings (SSSR count). The quantitative estimate of drug-likeness (QED) is 0.425. The Morgan fingerprint density at radius 3 is 2.38 bits per heavy atom. The number of hydrogen-bond donors (Lipinski definition) is 1. The van der Waals surface area contributed by atoms with E-state index < -0.39 is 23.4 Å². The molecular weight excluding hydrogens is 502 g/mol. The van der Waals surface area contributed by atoms with Gasteiger partial charge in [-0.25, -0.2) is 9.78 Å². The third kappa shape index (κ3) is 5.82. The number of benzene rings is 1. The van der Waals surface area contributed by atoms with E-state index in [2.05, 4.69) is 39.4 Å². The van der Waals surface area contributed by atoms with Crippen molar-refractivity contribution in [1.82, 2.24) is 19.9 Å². The van der Waals surface area contributed by atoms with E-state index in [-0.39, 0.29) is 16.6 Å². The summed E-state index contributed by atoms with van der Waals surface area (Å²) in [5.74, 6) is -3.30. The first-order valence-corrected chi connectivity index (χ1v) is 13.0. The minimum absolute atomic E-state index is 0.107. The number of nitrogens with zero attached hydrogens (tertiary/aromatic N) is 5. The molecule has 0 saturated carbocycles. The van der Waals surface area contributed by atoms with Crippen LogP contribution in [-0.2, 0) is 10.7 Å². The molecule has 1 fully saturated rings. The van der Waals surface area contributed by atoms with Gasteiger partial charge >= 0.3 is 12.0 Å². The molecule has 2 aromatic heterocycles. The molecule has 208 valence electrons. The number of ether oxygens (including phenoxy) is 1. The van der Waals surface area contributed by atoms with E-state index >= 15 is 0 Å². The number of aromatic nitrogens is 3. The van der Waals surface area contributed by atoms with Gasteiger partial charge in [0.2, 0.25) is 5.82 Å². The first kappa shape index (κ1) is 28.3. The number of fused-ring (bicyclic) bond motifs is 1. The third-order valence-electron chi connectivity index (χ3n) is 6.94. The second-order valence-corrected chi connectivity index (χ2v) is 12.1. The van der Waals surface area contributed by atoms with Crippen molar-refractivity contribution in [3.8, 4) is 17.2 Å². The van der Waals surface area contributed by atoms with Gasteiger partial charge < -0.3 is 15.0 Å². The van der Waals surface area contributed by atoms with E-state index in [4.69, 9.17) is 4.74 Å². The molecule has 1 atom stereocenters. The summed E-state index contributed by atoms with van der Waals surface area (Å²) >= 11 is 0. The van der Waals surface area contributed by atoms with Gasteiger partial charge in [-0.15, -0.1) is 5.10 Å². The lowest BCUT2D eigenvalue weighted by Crippen LogP contribution is -2.40. The summed E-state index contributed by atoms with van der Waals surface area (Å²) in [6.45, 7) is 15.6. The summed E-state index contributed by atoms with van der Waals surface area (Å²) in [5, 5.41) is 17.2. The molecule has 1 N–H and O–H groups in total. The van der Waals surface area contributed by atoms with Crippen molar-refractivity contribution in [1.29, 1.82) is 5.26 Å². The zero-order valence-electron chi connectivity index (χ0n) is 23.9. The number of alkyl carbamates (subject to hydrolysis) is 1. The van der Waals surface area contributed by atoms with Gasteiger partial charge in [0.05, 0.1) is 0 Å². The van der Waals surface area contributed by atoms with Crippen molar-refractivity contribution in [3.63, 3.8) is 0 Å². The maximum Gasteiger partial charge on any atom is 0.407 e. The number of carbonyl (C=O) groups is 1. The molecule has 3 heterocycles. The Hall–Kier alpha value is -3.74. The van der Waals surface area contributed by atoms with Crippen LogP contribution in [0.2, 0.25) is 0 Å². The van der Waals surface area contributed by atoms with Gasteiger partial charge in [0, 0.05) is 37.5 Å². The molecule has 0 unspecified atom stereocenters. The van der Waals surface area contributed by atoms with Crippen LogP contribution in [0.4, 0.5) is 19.4 Å². The molecule has 1 saturated heterocycles. The Labute approximate surface area is 228 Å². The molecule has 1 aromatic carbocycles. The fourth-order valence-electron chi connectivity index (χ4n) is 5.21. The Balaban J connectivity index is 1.85. The van der Waals surface area contributed by atoms with Gasteiger partial charge in [-0.3, -0.25) is 0 Å². The fourth-order valence-corrected chi connectivity index (χ4v) is 5.21. The van der Waals surface area contributed by atoms with Gasteiger partial charge in [-0.05, 0) is 59.1 Å². The summed E-state index contributed by atoms with van der Waals surface area (Å²) < 4.78 is 35.6. The number of amides is 1. The zero-order chi connectivity index (χ0) is 28.9.